The SMILES string of the molecule is CC[C@@H]1NC(=O)C(CC2CCCCC2)NC(=O)[C@H](C)N(C)C(=O)[C@H](CC(C)C)NC(=O)CSC[C@@H](C(=O)N[C@@H](CC2CCCCC2)C(=O)N2CCCCC2)NC(=O)[C@H](C)NC(=O)[C@H]([C@@H](C)O)NC1=O. The summed E-state index contributed by atoms with van der Waals surface area (Å²) in [5, 5.41) is 29.8. The van der Waals surface area contributed by atoms with Gasteiger partial charge < -0.3 is 52.1 Å². The largest absolute Gasteiger partial charge is 0.391 e. The predicted octanol–water partition coefficient (Wildman–Crippen LogP) is 1.78. The zero-order chi connectivity index (χ0) is 50.8. The van der Waals surface area contributed by atoms with E-state index in [4.69, 9.17) is 0 Å². The van der Waals surface area contributed by atoms with Crippen LogP contribution in [0.25, 0.3) is 0 Å². The molecule has 2 aliphatic carbocycles. The highest BCUT2D eigenvalue weighted by Gasteiger charge is 2.38. The number of nitrogens with one attached hydrogen (secondary N) is 7. The van der Waals surface area contributed by atoms with Gasteiger partial charge in [-0.05, 0) is 83.5 Å². The van der Waals surface area contributed by atoms with Crippen LogP contribution in [-0.4, -0.2) is 154 Å². The standard InChI is InChI=1S/C49H83N9O10S/c1-8-35-44(63)56-41(32(6)59)47(66)50-30(4)42(61)55-39(46(65)54-38(26-34-20-14-10-15-21-34)49(68)58-22-16-11-17-23-58)27-69-28-40(60)51-37(24-29(2)3)48(67)57(7)31(5)43(62)53-36(45(64)52-35)25-33-18-12-9-13-19-33/h29-39,41,59H,8-28H2,1-7H3,(H,50,66)(H,51,60)(H,52,64)(H,53,62)(H,54,65)(H,55,61)(H,56,63)/t30-,31-,32+,35-,36?,37-,38-,39-,41-/m0/s1. The van der Waals surface area contributed by atoms with Crippen molar-refractivity contribution < 1.29 is 48.3 Å². The molecule has 0 bridgehead atoms. The van der Waals surface area contributed by atoms with E-state index in [-0.39, 0.29) is 48.0 Å². The smallest absolute Gasteiger partial charge is 0.245 e. The van der Waals surface area contributed by atoms with E-state index in [1.807, 2.05) is 13.8 Å². The number of hydrogen-bond acceptors (Lipinski definition) is 11. The summed E-state index contributed by atoms with van der Waals surface area (Å²) in [6.45, 7) is 10.8. The van der Waals surface area contributed by atoms with Crippen molar-refractivity contribution in [3.8, 4) is 0 Å². The summed E-state index contributed by atoms with van der Waals surface area (Å²) in [6.07, 6.45) is 12.1. The van der Waals surface area contributed by atoms with E-state index < -0.39 is 102 Å². The maximum Gasteiger partial charge on any atom is 0.245 e. The molecular weight excluding hydrogens is 907 g/mol. The average molecular weight is 990 g/mol. The third-order valence-corrected chi connectivity index (χ3v) is 15.2. The summed E-state index contributed by atoms with van der Waals surface area (Å²) in [5.41, 5.74) is 0. The molecule has 2 aliphatic heterocycles. The minimum absolute atomic E-state index is 0.0422. The molecule has 390 valence electrons. The van der Waals surface area contributed by atoms with Gasteiger partial charge in [0.15, 0.2) is 0 Å². The number of rotatable bonds is 11. The molecule has 0 aromatic heterocycles. The lowest BCUT2D eigenvalue weighted by Gasteiger charge is -2.34. The molecule has 4 aliphatic rings. The summed E-state index contributed by atoms with van der Waals surface area (Å²) >= 11 is 1.03. The summed E-state index contributed by atoms with van der Waals surface area (Å²) in [5.74, 6) is -5.62. The molecule has 69 heavy (non-hydrogen) atoms. The van der Waals surface area contributed by atoms with Gasteiger partial charge in [0.05, 0.1) is 11.9 Å². The molecule has 2 saturated carbocycles. The average Bonchev–Trinajstić information content (AvgIpc) is 3.32. The Morgan fingerprint density at radius 3 is 1.86 bits per heavy atom. The first-order valence-corrected chi connectivity index (χ1v) is 26.9. The number of amides is 9. The Labute approximate surface area is 413 Å². The minimum Gasteiger partial charge on any atom is -0.391 e. The summed E-state index contributed by atoms with van der Waals surface area (Å²) < 4.78 is 0. The minimum atomic E-state index is -1.56. The second kappa shape index (κ2) is 28.4. The van der Waals surface area contributed by atoms with Crippen LogP contribution in [0.5, 0.6) is 0 Å². The van der Waals surface area contributed by atoms with Crippen molar-refractivity contribution in [3.05, 3.63) is 0 Å². The molecule has 0 aromatic rings. The van der Waals surface area contributed by atoms with Crippen LogP contribution in [0.4, 0.5) is 0 Å². The fourth-order valence-corrected chi connectivity index (χ4v) is 10.7. The summed E-state index contributed by atoms with van der Waals surface area (Å²) in [4.78, 5) is 129. The number of hydrogen-bond donors (Lipinski definition) is 8. The normalized spacial score (nSPS) is 28.8. The zero-order valence-electron chi connectivity index (χ0n) is 42.2. The van der Waals surface area contributed by atoms with Crippen molar-refractivity contribution in [3.63, 3.8) is 0 Å². The van der Waals surface area contributed by atoms with Gasteiger partial charge in [-0.2, -0.15) is 0 Å². The van der Waals surface area contributed by atoms with Crippen LogP contribution in [0.15, 0.2) is 0 Å². The number of carbonyl (C=O) groups excluding carboxylic acids is 9. The van der Waals surface area contributed by atoms with Gasteiger partial charge in [-0.1, -0.05) is 85.0 Å². The van der Waals surface area contributed by atoms with Crippen molar-refractivity contribution in [2.24, 2.45) is 17.8 Å². The van der Waals surface area contributed by atoms with Crippen LogP contribution in [0.3, 0.4) is 0 Å². The zero-order valence-corrected chi connectivity index (χ0v) is 43.0. The van der Waals surface area contributed by atoms with Crippen LogP contribution >= 0.6 is 11.8 Å². The Morgan fingerprint density at radius 1 is 0.681 bits per heavy atom. The molecule has 19 nitrogen and oxygen atoms in total. The van der Waals surface area contributed by atoms with Gasteiger partial charge in [-0.25, -0.2) is 0 Å². The number of piperidine rings is 1. The summed E-state index contributed by atoms with van der Waals surface area (Å²) in [6, 6.07) is -9.35. The van der Waals surface area contributed by atoms with E-state index >= 15 is 0 Å². The van der Waals surface area contributed by atoms with Gasteiger partial charge in [-0.15, -0.1) is 11.8 Å². The number of likely N-dealkylation sites (N-methyl/N-ethyl adjacent to an activating group) is 1. The van der Waals surface area contributed by atoms with Gasteiger partial charge in [0.2, 0.25) is 53.2 Å². The van der Waals surface area contributed by atoms with E-state index in [9.17, 15) is 48.3 Å². The van der Waals surface area contributed by atoms with Gasteiger partial charge in [-0.3, -0.25) is 43.2 Å². The molecule has 4 fully saturated rings. The Hall–Kier alpha value is -4.46. The fraction of sp³-hybridized carbons (Fsp3) is 0.816. The van der Waals surface area contributed by atoms with Gasteiger partial charge in [0.25, 0.3) is 0 Å². The molecule has 9 amide bonds. The van der Waals surface area contributed by atoms with Crippen molar-refractivity contribution in [1.29, 1.82) is 0 Å². The number of nitrogens with zero attached hydrogens (tertiary/aromatic N) is 2. The molecule has 8 N–H and O–H groups in total. The van der Waals surface area contributed by atoms with Crippen molar-refractivity contribution in [2.75, 3.05) is 31.6 Å². The third kappa shape index (κ3) is 18.0. The molecule has 20 heteroatoms. The second-order valence-corrected chi connectivity index (χ2v) is 21.4. The molecule has 0 aromatic carbocycles. The molecule has 2 heterocycles. The van der Waals surface area contributed by atoms with E-state index in [2.05, 4.69) is 37.2 Å². The van der Waals surface area contributed by atoms with Crippen molar-refractivity contribution >= 4 is 64.9 Å². The van der Waals surface area contributed by atoms with E-state index in [0.29, 0.717) is 25.9 Å². The third-order valence-electron chi connectivity index (χ3n) is 14.2. The first-order valence-electron chi connectivity index (χ1n) is 25.7. The van der Waals surface area contributed by atoms with E-state index in [1.165, 1.54) is 32.7 Å². The van der Waals surface area contributed by atoms with Crippen LogP contribution in [-0.2, 0) is 43.2 Å². The second-order valence-electron chi connectivity index (χ2n) is 20.4. The Bertz CT molecular complexity index is 1770. The molecular formula is C49H83N9O10S. The van der Waals surface area contributed by atoms with Crippen LogP contribution in [0.1, 0.15) is 151 Å². The van der Waals surface area contributed by atoms with Gasteiger partial charge >= 0.3 is 0 Å². The molecule has 0 radical (unpaired) electrons. The fourth-order valence-electron chi connectivity index (χ4n) is 9.81. The Balaban J connectivity index is 1.65. The lowest BCUT2D eigenvalue weighted by atomic mass is 9.84. The molecule has 4 rings (SSSR count). The molecule has 9 atom stereocenters. The number of thioether (sulfide) groups is 1. The first kappa shape index (κ1) is 57.1. The number of carbonyl (C=O) groups is 9. The Morgan fingerprint density at radius 2 is 1.26 bits per heavy atom. The predicted molar refractivity (Wildman–Crippen MR) is 263 cm³/mol. The Kier molecular flexibility index (Phi) is 23.5. The monoisotopic (exact) mass is 990 g/mol. The van der Waals surface area contributed by atoms with Crippen molar-refractivity contribution in [2.45, 2.75) is 205 Å². The molecule has 1 unspecified atom stereocenters. The highest BCUT2D eigenvalue weighted by Crippen LogP contribution is 2.29. The number of aliphatic hydroxyl groups excluding tert-OH is 1. The quantitative estimate of drug-likeness (QED) is 0.148. The highest BCUT2D eigenvalue weighted by atomic mass is 32.2. The molecule has 0 spiro atoms. The maximum absolute atomic E-state index is 14.3. The van der Waals surface area contributed by atoms with Gasteiger partial charge in [0, 0.05) is 25.9 Å². The van der Waals surface area contributed by atoms with E-state index in [1.54, 1.807) is 11.8 Å². The number of likely N-dealkylation sites (tertiary alicyclic amines) is 1. The highest BCUT2D eigenvalue weighted by molar-refractivity contribution is 8.00. The topological polar surface area (TPSA) is 265 Å². The lowest BCUT2D eigenvalue weighted by Crippen LogP contribution is -2.62. The maximum atomic E-state index is 14.3. The summed E-state index contributed by atoms with van der Waals surface area (Å²) in [7, 11) is 1.46. The van der Waals surface area contributed by atoms with Gasteiger partial charge in [0.1, 0.15) is 48.3 Å². The van der Waals surface area contributed by atoms with Crippen LogP contribution < -0.4 is 37.2 Å². The van der Waals surface area contributed by atoms with Crippen LogP contribution in [0.2, 0.25) is 0 Å². The van der Waals surface area contributed by atoms with Crippen molar-refractivity contribution in [1.82, 2.24) is 47.0 Å². The first-order chi connectivity index (χ1) is 32.8. The van der Waals surface area contributed by atoms with Crippen LogP contribution in [0, 0.1) is 17.8 Å². The number of aliphatic hydroxyl groups is 1. The lowest BCUT2D eigenvalue weighted by molar-refractivity contribution is -0.142. The van der Waals surface area contributed by atoms with E-state index in [0.717, 1.165) is 95.2 Å². The molecule has 2 saturated heterocycles.